The van der Waals surface area contributed by atoms with E-state index in [9.17, 15) is 0 Å². The van der Waals surface area contributed by atoms with Crippen LogP contribution in [-0.4, -0.2) is 39.5 Å². The van der Waals surface area contributed by atoms with Crippen molar-refractivity contribution >= 4 is 23.6 Å². The molecule has 1 heterocycles. The Balaban J connectivity index is 1.74. The quantitative estimate of drug-likeness (QED) is 0.539. The van der Waals surface area contributed by atoms with Gasteiger partial charge < -0.3 is 13.5 Å². The summed E-state index contributed by atoms with van der Waals surface area (Å²) >= 11 is 0. The van der Waals surface area contributed by atoms with Crippen LogP contribution in [-0.2, 0) is 9.31 Å². The molecule has 0 spiro atoms. The second kappa shape index (κ2) is 6.80. The fraction of sp³-hybridized carbons (Fsp3) is 0.739. The zero-order valence-corrected chi connectivity index (χ0v) is 22.0. The molecule has 3 saturated carbocycles. The van der Waals surface area contributed by atoms with Gasteiger partial charge in [-0.15, -0.1) is 0 Å². The lowest BCUT2D eigenvalue weighted by atomic mass is 9.43. The van der Waals surface area contributed by atoms with Crippen molar-refractivity contribution in [3.63, 3.8) is 0 Å². The largest absolute Gasteiger partial charge is 0.479 e. The van der Waals surface area contributed by atoms with Gasteiger partial charge in [-0.2, -0.15) is 0 Å². The van der Waals surface area contributed by atoms with Gasteiger partial charge in [0.25, 0.3) is 0 Å². The lowest BCUT2D eigenvalue weighted by Gasteiger charge is -2.64. The molecule has 5 atom stereocenters. The highest BCUT2D eigenvalue weighted by atomic mass is 28.4. The van der Waals surface area contributed by atoms with Crippen molar-refractivity contribution in [3.05, 3.63) is 35.9 Å². The summed E-state index contributed by atoms with van der Waals surface area (Å²) < 4.78 is 16.7. The van der Waals surface area contributed by atoms with E-state index in [1.807, 2.05) is 0 Å². The molecular formula is C23H40BNO2Si2. The number of rotatable bonds is 5. The SMILES string of the molecule is CC1(C)C2CC3OB(C(c4ccccc4)N([Si](C)(C)C)[Si](C)(C)C)OC3(C)C1C2. The molecule has 0 aromatic heterocycles. The Labute approximate surface area is 180 Å². The van der Waals surface area contributed by atoms with Crippen LogP contribution >= 0.6 is 0 Å². The predicted octanol–water partition coefficient (Wildman–Crippen LogP) is 5.97. The Bertz CT molecular complexity index is 746. The van der Waals surface area contributed by atoms with Crippen LogP contribution in [0.1, 0.15) is 45.1 Å². The molecule has 5 rings (SSSR count). The molecule has 4 aliphatic rings. The lowest BCUT2D eigenvalue weighted by Crippen LogP contribution is -2.65. The van der Waals surface area contributed by atoms with E-state index in [0.717, 1.165) is 12.3 Å². The summed E-state index contributed by atoms with van der Waals surface area (Å²) in [7, 11) is -3.40. The van der Waals surface area contributed by atoms with E-state index in [0.29, 0.717) is 11.3 Å². The minimum atomic E-state index is -1.61. The summed E-state index contributed by atoms with van der Waals surface area (Å²) in [6.07, 6.45) is 2.69. The smallest absolute Gasteiger partial charge is 0.404 e. The fourth-order valence-electron chi connectivity index (χ4n) is 6.95. The Hall–Kier alpha value is -0.401. The van der Waals surface area contributed by atoms with Crippen molar-refractivity contribution in [1.29, 1.82) is 0 Å². The van der Waals surface area contributed by atoms with Crippen LogP contribution in [0.5, 0.6) is 0 Å². The zero-order valence-electron chi connectivity index (χ0n) is 20.0. The molecule has 1 aliphatic heterocycles. The molecular weight excluding hydrogens is 389 g/mol. The van der Waals surface area contributed by atoms with Gasteiger partial charge in [0.05, 0.1) is 17.6 Å². The van der Waals surface area contributed by atoms with Gasteiger partial charge in [0.2, 0.25) is 0 Å². The van der Waals surface area contributed by atoms with Crippen LogP contribution in [0.3, 0.4) is 0 Å². The van der Waals surface area contributed by atoms with Crippen LogP contribution in [0.25, 0.3) is 0 Å². The third-order valence-electron chi connectivity index (χ3n) is 8.09. The van der Waals surface area contributed by atoms with Crippen LogP contribution in [0.15, 0.2) is 30.3 Å². The van der Waals surface area contributed by atoms with Gasteiger partial charge in [0.1, 0.15) is 16.5 Å². The maximum Gasteiger partial charge on any atom is 0.479 e. The van der Waals surface area contributed by atoms with Gasteiger partial charge >= 0.3 is 7.12 Å². The van der Waals surface area contributed by atoms with E-state index in [2.05, 4.69) is 94.6 Å². The molecule has 160 valence electrons. The standard InChI is InChI=1S/C23H40BNO2Si2/c1-22(2)18-15-19(22)23(3)20(16-18)26-24(27-23)21(17-13-11-10-12-14-17)25(28(4,5)6)29(7,8)9/h10-14,18-21H,15-16H2,1-9H3. The Morgan fingerprint density at radius 2 is 1.55 bits per heavy atom. The van der Waals surface area contributed by atoms with Crippen LogP contribution in [0, 0.1) is 17.3 Å². The highest BCUT2D eigenvalue weighted by Crippen LogP contribution is 2.66. The number of benzene rings is 1. The summed E-state index contributed by atoms with van der Waals surface area (Å²) in [5, 5.41) is 0. The van der Waals surface area contributed by atoms with Crippen molar-refractivity contribution in [3.8, 4) is 0 Å². The summed E-state index contributed by atoms with van der Waals surface area (Å²) in [4.78, 5) is 0. The molecule has 1 saturated heterocycles. The summed E-state index contributed by atoms with van der Waals surface area (Å²) in [6, 6.07) is 11.0. The molecule has 1 aromatic carbocycles. The average Bonchev–Trinajstić information content (AvgIpc) is 2.94. The van der Waals surface area contributed by atoms with E-state index in [1.165, 1.54) is 12.0 Å². The first-order valence-electron chi connectivity index (χ1n) is 11.4. The van der Waals surface area contributed by atoms with Gasteiger partial charge in [-0.3, -0.25) is 0 Å². The van der Waals surface area contributed by atoms with E-state index in [-0.39, 0.29) is 24.8 Å². The van der Waals surface area contributed by atoms with Crippen molar-refractivity contribution in [1.82, 2.24) is 4.23 Å². The number of nitrogens with zero attached hydrogens (tertiary/aromatic N) is 1. The Morgan fingerprint density at radius 1 is 0.966 bits per heavy atom. The Kier molecular flexibility index (Phi) is 5.11. The molecule has 0 N–H and O–H groups in total. The summed E-state index contributed by atoms with van der Waals surface area (Å²) in [6.45, 7) is 22.1. The molecule has 3 nitrogen and oxygen atoms in total. The first-order valence-corrected chi connectivity index (χ1v) is 18.3. The van der Waals surface area contributed by atoms with Crippen LogP contribution < -0.4 is 0 Å². The Morgan fingerprint density at radius 3 is 2.07 bits per heavy atom. The average molecular weight is 430 g/mol. The molecule has 0 amide bonds. The molecule has 6 heteroatoms. The third-order valence-corrected chi connectivity index (χ3v) is 15.6. The van der Waals surface area contributed by atoms with Crippen LogP contribution in [0.2, 0.25) is 39.3 Å². The highest BCUT2D eigenvalue weighted by Gasteiger charge is 2.69. The van der Waals surface area contributed by atoms with Gasteiger partial charge in [-0.05, 0) is 42.6 Å². The topological polar surface area (TPSA) is 21.7 Å². The second-order valence-corrected chi connectivity index (χ2v) is 22.5. The van der Waals surface area contributed by atoms with Gasteiger partial charge in [-0.25, -0.2) is 0 Å². The molecule has 5 unspecified atom stereocenters. The molecule has 3 aliphatic carbocycles. The predicted molar refractivity (Wildman–Crippen MR) is 128 cm³/mol. The van der Waals surface area contributed by atoms with E-state index >= 15 is 0 Å². The zero-order chi connectivity index (χ0) is 21.4. The van der Waals surface area contributed by atoms with Gasteiger partial charge in [0.15, 0.2) is 0 Å². The molecule has 1 aromatic rings. The van der Waals surface area contributed by atoms with Crippen LogP contribution in [0.4, 0.5) is 0 Å². The minimum Gasteiger partial charge on any atom is -0.404 e. The second-order valence-electron chi connectivity index (χ2n) is 12.4. The number of hydrogen-bond donors (Lipinski definition) is 0. The maximum atomic E-state index is 7.01. The fourth-order valence-corrected chi connectivity index (χ4v) is 17.2. The van der Waals surface area contributed by atoms with Gasteiger partial charge in [0, 0.05) is 0 Å². The molecule has 29 heavy (non-hydrogen) atoms. The monoisotopic (exact) mass is 429 g/mol. The minimum absolute atomic E-state index is 0.152. The maximum absolute atomic E-state index is 7.01. The van der Waals surface area contributed by atoms with E-state index in [4.69, 9.17) is 9.31 Å². The third kappa shape index (κ3) is 3.43. The summed E-state index contributed by atoms with van der Waals surface area (Å²) in [5.74, 6) is 1.57. The lowest BCUT2D eigenvalue weighted by molar-refractivity contribution is -0.199. The highest BCUT2D eigenvalue weighted by molar-refractivity contribution is 6.90. The van der Waals surface area contributed by atoms with Crippen molar-refractivity contribution < 1.29 is 9.31 Å². The molecule has 2 bridgehead atoms. The first kappa shape index (κ1) is 21.8. The van der Waals surface area contributed by atoms with Crippen molar-refractivity contribution in [2.24, 2.45) is 17.3 Å². The van der Waals surface area contributed by atoms with E-state index in [1.54, 1.807) is 0 Å². The van der Waals surface area contributed by atoms with E-state index < -0.39 is 16.5 Å². The molecule has 0 radical (unpaired) electrons. The first-order chi connectivity index (χ1) is 13.3. The van der Waals surface area contributed by atoms with Gasteiger partial charge in [-0.1, -0.05) is 83.5 Å². The van der Waals surface area contributed by atoms with Crippen molar-refractivity contribution in [2.75, 3.05) is 0 Å². The summed E-state index contributed by atoms with van der Waals surface area (Å²) in [5.41, 5.74) is 1.57. The number of hydrogen-bond acceptors (Lipinski definition) is 3. The van der Waals surface area contributed by atoms with Crippen molar-refractivity contribution in [2.45, 2.75) is 90.5 Å². The normalized spacial score (nSPS) is 34.7. The molecule has 4 fully saturated rings.